The normalized spacial score (nSPS) is 27.2. The van der Waals surface area contributed by atoms with Crippen molar-refractivity contribution in [2.75, 3.05) is 25.1 Å². The summed E-state index contributed by atoms with van der Waals surface area (Å²) in [6.07, 6.45) is 5.84. The molecule has 0 spiro atoms. The van der Waals surface area contributed by atoms with E-state index in [0.29, 0.717) is 6.04 Å². The summed E-state index contributed by atoms with van der Waals surface area (Å²) < 4.78 is 0. The molecule has 1 aliphatic carbocycles. The van der Waals surface area contributed by atoms with Crippen LogP contribution in [0.4, 0.5) is 0 Å². The second kappa shape index (κ2) is 7.53. The zero-order valence-electron chi connectivity index (χ0n) is 10.1. The highest BCUT2D eigenvalue weighted by Gasteiger charge is 2.25. The summed E-state index contributed by atoms with van der Waals surface area (Å²) in [7, 11) is 2.16. The van der Waals surface area contributed by atoms with E-state index in [1.54, 1.807) is 0 Å². The maximum absolute atomic E-state index is 9.90. The van der Waals surface area contributed by atoms with Gasteiger partial charge in [0.25, 0.3) is 0 Å². The zero-order valence-corrected chi connectivity index (χ0v) is 10.9. The molecule has 0 aromatic heterocycles. The van der Waals surface area contributed by atoms with E-state index in [2.05, 4.69) is 18.9 Å². The fourth-order valence-corrected chi connectivity index (χ4v) is 2.95. The van der Waals surface area contributed by atoms with Crippen LogP contribution >= 0.6 is 11.8 Å². The summed E-state index contributed by atoms with van der Waals surface area (Å²) >= 11 is 2.01. The number of hydrogen-bond acceptors (Lipinski definition) is 3. The standard InChI is InChI=1S/C12H25NOS/c1-3-15-10-6-9-13(2)11-7-4-5-8-12(11)14/h11-12,14H,3-10H2,1-2H3. The molecular weight excluding hydrogens is 206 g/mol. The molecule has 0 amide bonds. The Kier molecular flexibility index (Phi) is 6.69. The van der Waals surface area contributed by atoms with Gasteiger partial charge in [0.1, 0.15) is 0 Å². The van der Waals surface area contributed by atoms with E-state index in [0.717, 1.165) is 13.0 Å². The molecule has 0 bridgehead atoms. The molecule has 1 rings (SSSR count). The molecule has 1 fully saturated rings. The van der Waals surface area contributed by atoms with Gasteiger partial charge in [-0.2, -0.15) is 11.8 Å². The van der Waals surface area contributed by atoms with E-state index in [4.69, 9.17) is 0 Å². The fourth-order valence-electron chi connectivity index (χ4n) is 2.33. The lowest BCUT2D eigenvalue weighted by Gasteiger charge is -2.35. The minimum Gasteiger partial charge on any atom is -0.391 e. The zero-order chi connectivity index (χ0) is 11.1. The second-order valence-electron chi connectivity index (χ2n) is 4.45. The lowest BCUT2D eigenvalue weighted by atomic mass is 9.91. The smallest absolute Gasteiger partial charge is 0.0695 e. The lowest BCUT2D eigenvalue weighted by Crippen LogP contribution is -2.43. The molecule has 15 heavy (non-hydrogen) atoms. The maximum atomic E-state index is 9.90. The molecule has 0 aromatic rings. The van der Waals surface area contributed by atoms with Crippen molar-refractivity contribution >= 4 is 11.8 Å². The average molecular weight is 231 g/mol. The average Bonchev–Trinajstić information content (AvgIpc) is 2.25. The van der Waals surface area contributed by atoms with Gasteiger partial charge in [-0.1, -0.05) is 19.8 Å². The van der Waals surface area contributed by atoms with Crippen molar-refractivity contribution in [3.8, 4) is 0 Å². The van der Waals surface area contributed by atoms with Crippen LogP contribution in [0.2, 0.25) is 0 Å². The number of hydrogen-bond donors (Lipinski definition) is 1. The highest BCUT2D eigenvalue weighted by molar-refractivity contribution is 7.99. The summed E-state index contributed by atoms with van der Waals surface area (Å²) in [5.74, 6) is 2.47. The summed E-state index contributed by atoms with van der Waals surface area (Å²) in [5.41, 5.74) is 0. The molecule has 0 saturated heterocycles. The highest BCUT2D eigenvalue weighted by atomic mass is 32.2. The van der Waals surface area contributed by atoms with Crippen LogP contribution in [0, 0.1) is 0 Å². The van der Waals surface area contributed by atoms with Crippen molar-refractivity contribution in [3.05, 3.63) is 0 Å². The van der Waals surface area contributed by atoms with Gasteiger partial charge in [0, 0.05) is 6.04 Å². The number of likely N-dealkylation sites (N-methyl/N-ethyl adjacent to an activating group) is 1. The van der Waals surface area contributed by atoms with Crippen LogP contribution in [0.1, 0.15) is 39.0 Å². The number of aliphatic hydroxyl groups excluding tert-OH is 1. The Balaban J connectivity index is 2.16. The number of nitrogens with zero attached hydrogens (tertiary/aromatic N) is 1. The molecule has 0 aliphatic heterocycles. The predicted molar refractivity (Wildman–Crippen MR) is 68.5 cm³/mol. The number of thioether (sulfide) groups is 1. The maximum Gasteiger partial charge on any atom is 0.0695 e. The van der Waals surface area contributed by atoms with Crippen molar-refractivity contribution in [1.29, 1.82) is 0 Å². The number of rotatable bonds is 6. The molecule has 2 atom stereocenters. The van der Waals surface area contributed by atoms with Crippen LogP contribution in [-0.2, 0) is 0 Å². The van der Waals surface area contributed by atoms with Gasteiger partial charge in [-0.05, 0) is 44.4 Å². The van der Waals surface area contributed by atoms with Crippen molar-refractivity contribution in [2.24, 2.45) is 0 Å². The lowest BCUT2D eigenvalue weighted by molar-refractivity contribution is 0.0325. The van der Waals surface area contributed by atoms with Gasteiger partial charge >= 0.3 is 0 Å². The molecule has 1 N–H and O–H groups in total. The monoisotopic (exact) mass is 231 g/mol. The Morgan fingerprint density at radius 1 is 1.33 bits per heavy atom. The summed E-state index contributed by atoms with van der Waals surface area (Å²) in [6.45, 7) is 3.34. The first-order valence-corrected chi connectivity index (χ1v) is 7.37. The summed E-state index contributed by atoms with van der Waals surface area (Å²) in [6, 6.07) is 0.422. The van der Waals surface area contributed by atoms with E-state index in [9.17, 15) is 5.11 Å². The predicted octanol–water partition coefficient (Wildman–Crippen LogP) is 2.36. The Morgan fingerprint density at radius 2 is 2.07 bits per heavy atom. The molecule has 2 nitrogen and oxygen atoms in total. The van der Waals surface area contributed by atoms with Crippen LogP contribution in [0.5, 0.6) is 0 Å². The fraction of sp³-hybridized carbons (Fsp3) is 1.00. The largest absolute Gasteiger partial charge is 0.391 e. The number of aliphatic hydroxyl groups is 1. The molecule has 1 saturated carbocycles. The van der Waals surface area contributed by atoms with Gasteiger partial charge in [-0.15, -0.1) is 0 Å². The van der Waals surface area contributed by atoms with Crippen molar-refractivity contribution in [2.45, 2.75) is 51.2 Å². The third-order valence-electron chi connectivity index (χ3n) is 3.26. The van der Waals surface area contributed by atoms with Crippen LogP contribution in [0.25, 0.3) is 0 Å². The topological polar surface area (TPSA) is 23.5 Å². The SMILES string of the molecule is CCSCCCN(C)C1CCCCC1O. The summed E-state index contributed by atoms with van der Waals surface area (Å²) in [4.78, 5) is 2.36. The molecule has 3 heteroatoms. The molecule has 0 heterocycles. The van der Waals surface area contributed by atoms with Gasteiger partial charge in [0.15, 0.2) is 0 Å². The van der Waals surface area contributed by atoms with Crippen molar-refractivity contribution < 1.29 is 5.11 Å². The van der Waals surface area contributed by atoms with Crippen molar-refractivity contribution in [3.63, 3.8) is 0 Å². The molecule has 1 aliphatic rings. The van der Waals surface area contributed by atoms with Crippen molar-refractivity contribution in [1.82, 2.24) is 4.90 Å². The van der Waals surface area contributed by atoms with Gasteiger partial charge in [-0.3, -0.25) is 0 Å². The second-order valence-corrected chi connectivity index (χ2v) is 5.84. The highest BCUT2D eigenvalue weighted by Crippen LogP contribution is 2.22. The van der Waals surface area contributed by atoms with Crippen LogP contribution in [0.3, 0.4) is 0 Å². The third-order valence-corrected chi connectivity index (χ3v) is 4.25. The molecule has 0 aromatic carbocycles. The van der Waals surface area contributed by atoms with E-state index in [1.807, 2.05) is 11.8 Å². The van der Waals surface area contributed by atoms with E-state index in [1.165, 1.54) is 37.2 Å². The minimum atomic E-state index is -0.0809. The van der Waals surface area contributed by atoms with E-state index >= 15 is 0 Å². The van der Waals surface area contributed by atoms with Gasteiger partial charge in [-0.25, -0.2) is 0 Å². The molecule has 2 unspecified atom stereocenters. The Bertz CT molecular complexity index is 166. The Morgan fingerprint density at radius 3 is 2.73 bits per heavy atom. The van der Waals surface area contributed by atoms with Gasteiger partial charge in [0.2, 0.25) is 0 Å². The molecule has 0 radical (unpaired) electrons. The van der Waals surface area contributed by atoms with Crippen LogP contribution in [0.15, 0.2) is 0 Å². The molecule has 90 valence electrons. The summed E-state index contributed by atoms with van der Waals surface area (Å²) in [5, 5.41) is 9.90. The minimum absolute atomic E-state index is 0.0809. The Hall–Kier alpha value is 0.270. The van der Waals surface area contributed by atoms with Gasteiger partial charge in [0.05, 0.1) is 6.10 Å². The Labute approximate surface area is 98.4 Å². The van der Waals surface area contributed by atoms with E-state index < -0.39 is 0 Å². The first-order valence-electron chi connectivity index (χ1n) is 6.21. The van der Waals surface area contributed by atoms with Crippen LogP contribution in [-0.4, -0.2) is 47.3 Å². The molecular formula is C12H25NOS. The first-order chi connectivity index (χ1) is 7.25. The van der Waals surface area contributed by atoms with Crippen LogP contribution < -0.4 is 0 Å². The first kappa shape index (κ1) is 13.3. The third kappa shape index (κ3) is 4.75. The van der Waals surface area contributed by atoms with Gasteiger partial charge < -0.3 is 10.0 Å². The quantitative estimate of drug-likeness (QED) is 0.710. The van der Waals surface area contributed by atoms with E-state index in [-0.39, 0.29) is 6.10 Å².